The second kappa shape index (κ2) is 11.1. The van der Waals surface area contributed by atoms with Crippen molar-refractivity contribution in [3.05, 3.63) is 89.5 Å². The normalized spacial score (nSPS) is 11.3. The highest BCUT2D eigenvalue weighted by Crippen LogP contribution is 2.19. The number of aryl methyl sites for hydroxylation is 1. The molecule has 3 rings (SSSR count). The first-order valence-corrected chi connectivity index (χ1v) is 12.5. The lowest BCUT2D eigenvalue weighted by Crippen LogP contribution is -2.24. The minimum absolute atomic E-state index is 0.0161. The Kier molecular flexibility index (Phi) is 8.20. The van der Waals surface area contributed by atoms with Gasteiger partial charge in [-0.25, -0.2) is 13.1 Å². The molecule has 3 aromatic rings. The molecule has 0 spiro atoms. The molecule has 7 nitrogen and oxygen atoms in total. The van der Waals surface area contributed by atoms with E-state index in [1.54, 1.807) is 37.3 Å². The van der Waals surface area contributed by atoms with Gasteiger partial charge in [-0.1, -0.05) is 50.2 Å². The number of rotatable bonds is 9. The lowest BCUT2D eigenvalue weighted by molar-refractivity contribution is -0.116. The van der Waals surface area contributed by atoms with Crippen LogP contribution in [0.25, 0.3) is 0 Å². The van der Waals surface area contributed by atoms with E-state index in [0.29, 0.717) is 23.4 Å². The Hall–Kier alpha value is -3.49. The third-order valence-corrected chi connectivity index (χ3v) is 6.49. The summed E-state index contributed by atoms with van der Waals surface area (Å²) in [6, 6.07) is 20.4. The van der Waals surface area contributed by atoms with Crippen LogP contribution in [0.2, 0.25) is 0 Å². The van der Waals surface area contributed by atoms with Crippen molar-refractivity contribution in [1.29, 1.82) is 0 Å². The van der Waals surface area contributed by atoms with Crippen molar-refractivity contribution in [2.75, 3.05) is 10.6 Å². The Morgan fingerprint density at radius 1 is 0.853 bits per heavy atom. The number of hydrogen-bond donors (Lipinski definition) is 3. The third-order valence-electron chi connectivity index (χ3n) is 5.09. The Morgan fingerprint density at radius 3 is 2.09 bits per heavy atom. The summed E-state index contributed by atoms with van der Waals surface area (Å²) in [4.78, 5) is 24.8. The van der Waals surface area contributed by atoms with Crippen molar-refractivity contribution in [3.8, 4) is 0 Å². The van der Waals surface area contributed by atoms with E-state index < -0.39 is 15.9 Å². The minimum atomic E-state index is -3.80. The van der Waals surface area contributed by atoms with E-state index in [1.165, 1.54) is 12.1 Å². The van der Waals surface area contributed by atoms with Crippen LogP contribution in [-0.2, 0) is 21.4 Å². The molecule has 0 aromatic heterocycles. The minimum Gasteiger partial charge on any atom is -0.326 e. The van der Waals surface area contributed by atoms with Crippen LogP contribution in [0.4, 0.5) is 11.4 Å². The monoisotopic (exact) mass is 479 g/mol. The highest BCUT2D eigenvalue weighted by atomic mass is 32.2. The molecule has 0 heterocycles. The second-order valence-corrected chi connectivity index (χ2v) is 10.2. The van der Waals surface area contributed by atoms with E-state index in [1.807, 2.05) is 44.2 Å². The maximum absolute atomic E-state index is 12.9. The molecule has 34 heavy (non-hydrogen) atoms. The zero-order chi connectivity index (χ0) is 24.7. The van der Waals surface area contributed by atoms with Gasteiger partial charge in [0.2, 0.25) is 15.9 Å². The fraction of sp³-hybridized carbons (Fsp3) is 0.231. The molecule has 0 aliphatic rings. The van der Waals surface area contributed by atoms with Crippen LogP contribution in [0.3, 0.4) is 0 Å². The molecule has 0 saturated carbocycles. The Balaban J connectivity index is 1.69. The molecule has 3 N–H and O–H groups in total. The molecule has 3 aromatic carbocycles. The Morgan fingerprint density at radius 2 is 1.47 bits per heavy atom. The molecule has 0 saturated heterocycles. The number of sulfonamides is 1. The maximum atomic E-state index is 12.9. The summed E-state index contributed by atoms with van der Waals surface area (Å²) in [6.07, 6.45) is 0.428. The predicted molar refractivity (Wildman–Crippen MR) is 134 cm³/mol. The topological polar surface area (TPSA) is 104 Å². The van der Waals surface area contributed by atoms with Gasteiger partial charge in [0.25, 0.3) is 5.91 Å². The summed E-state index contributed by atoms with van der Waals surface area (Å²) in [5.41, 5.74) is 2.91. The largest absolute Gasteiger partial charge is 0.326 e. The van der Waals surface area contributed by atoms with Gasteiger partial charge in [-0.2, -0.15) is 0 Å². The van der Waals surface area contributed by atoms with Crippen LogP contribution in [-0.4, -0.2) is 20.2 Å². The van der Waals surface area contributed by atoms with Crippen LogP contribution in [0.5, 0.6) is 0 Å². The SMILES string of the molecule is Cc1ccc(S(=O)(=O)NCc2ccccc2)cc1C(=O)Nc1ccc(NC(=O)CC(C)C)cc1. The van der Waals surface area contributed by atoms with E-state index in [2.05, 4.69) is 15.4 Å². The van der Waals surface area contributed by atoms with Gasteiger partial charge in [0.05, 0.1) is 4.90 Å². The zero-order valence-electron chi connectivity index (χ0n) is 19.5. The standard InChI is InChI=1S/C26H29N3O4S/c1-18(2)15-25(30)28-21-10-12-22(13-11-21)29-26(31)24-16-23(14-9-19(24)3)34(32,33)27-17-20-7-5-4-6-8-20/h4-14,16,18,27H,15,17H2,1-3H3,(H,28,30)(H,29,31). The lowest BCUT2D eigenvalue weighted by Gasteiger charge is -2.12. The number of carbonyl (C=O) groups excluding carboxylic acids is 2. The summed E-state index contributed by atoms with van der Waals surface area (Å²) in [5, 5.41) is 5.60. The van der Waals surface area contributed by atoms with Gasteiger partial charge in [-0.15, -0.1) is 0 Å². The second-order valence-electron chi connectivity index (χ2n) is 8.46. The van der Waals surface area contributed by atoms with Gasteiger partial charge in [0.15, 0.2) is 0 Å². The van der Waals surface area contributed by atoms with Crippen LogP contribution in [0.15, 0.2) is 77.7 Å². The molecular formula is C26H29N3O4S. The molecule has 0 fully saturated rings. The molecule has 0 unspecified atom stereocenters. The summed E-state index contributed by atoms with van der Waals surface area (Å²) in [6.45, 7) is 5.84. The molecular weight excluding hydrogens is 450 g/mol. The Bertz CT molecular complexity index is 1250. The van der Waals surface area contributed by atoms with Crippen molar-refractivity contribution in [3.63, 3.8) is 0 Å². The maximum Gasteiger partial charge on any atom is 0.255 e. The number of nitrogens with one attached hydrogen (secondary N) is 3. The zero-order valence-corrected chi connectivity index (χ0v) is 20.3. The average Bonchev–Trinajstić information content (AvgIpc) is 2.79. The van der Waals surface area contributed by atoms with Crippen molar-refractivity contribution >= 4 is 33.2 Å². The van der Waals surface area contributed by atoms with Crippen molar-refractivity contribution in [1.82, 2.24) is 4.72 Å². The van der Waals surface area contributed by atoms with Gasteiger partial charge in [-0.3, -0.25) is 9.59 Å². The first-order chi connectivity index (χ1) is 16.1. The Labute approximate surface area is 200 Å². The molecule has 8 heteroatoms. The van der Waals surface area contributed by atoms with Gasteiger partial charge < -0.3 is 10.6 Å². The van der Waals surface area contributed by atoms with Crippen molar-refractivity contribution in [2.24, 2.45) is 5.92 Å². The fourth-order valence-electron chi connectivity index (χ4n) is 3.29. The van der Waals surface area contributed by atoms with Crippen molar-refractivity contribution in [2.45, 2.75) is 38.6 Å². The van der Waals surface area contributed by atoms with Crippen molar-refractivity contribution < 1.29 is 18.0 Å². The van der Waals surface area contributed by atoms with E-state index in [9.17, 15) is 18.0 Å². The van der Waals surface area contributed by atoms with Crippen LogP contribution in [0, 0.1) is 12.8 Å². The molecule has 0 bridgehead atoms. The van der Waals surface area contributed by atoms with Crippen LogP contribution in [0.1, 0.15) is 41.8 Å². The van der Waals surface area contributed by atoms with Gasteiger partial charge in [-0.05, 0) is 60.4 Å². The number of carbonyl (C=O) groups is 2. The summed E-state index contributed by atoms with van der Waals surface area (Å²) in [7, 11) is -3.80. The van der Waals surface area contributed by atoms with E-state index >= 15 is 0 Å². The predicted octanol–water partition coefficient (Wildman–Crippen LogP) is 4.71. The van der Waals surface area contributed by atoms with Crippen LogP contribution < -0.4 is 15.4 Å². The summed E-state index contributed by atoms with van der Waals surface area (Å²) in [5.74, 6) is -0.231. The molecule has 2 amide bonds. The average molecular weight is 480 g/mol. The molecule has 0 aliphatic carbocycles. The number of hydrogen-bond acceptors (Lipinski definition) is 4. The van der Waals surface area contributed by atoms with Gasteiger partial charge >= 0.3 is 0 Å². The number of amides is 2. The number of benzene rings is 3. The van der Waals surface area contributed by atoms with E-state index in [-0.39, 0.29) is 28.8 Å². The summed E-state index contributed by atoms with van der Waals surface area (Å²) < 4.78 is 28.1. The molecule has 0 radical (unpaired) electrons. The summed E-state index contributed by atoms with van der Waals surface area (Å²) >= 11 is 0. The quantitative estimate of drug-likeness (QED) is 0.413. The molecule has 178 valence electrons. The highest BCUT2D eigenvalue weighted by Gasteiger charge is 2.18. The lowest BCUT2D eigenvalue weighted by atomic mass is 10.1. The smallest absolute Gasteiger partial charge is 0.255 e. The third kappa shape index (κ3) is 7.00. The first-order valence-electron chi connectivity index (χ1n) is 11.0. The highest BCUT2D eigenvalue weighted by molar-refractivity contribution is 7.89. The fourth-order valence-corrected chi connectivity index (χ4v) is 4.33. The molecule has 0 atom stereocenters. The van der Waals surface area contributed by atoms with Gasteiger partial charge in [0.1, 0.15) is 0 Å². The van der Waals surface area contributed by atoms with E-state index in [4.69, 9.17) is 0 Å². The first kappa shape index (κ1) is 25.1. The van der Waals surface area contributed by atoms with Crippen LogP contribution >= 0.6 is 0 Å². The number of anilines is 2. The molecule has 0 aliphatic heterocycles. The van der Waals surface area contributed by atoms with E-state index in [0.717, 1.165) is 5.56 Å². The van der Waals surface area contributed by atoms with Gasteiger partial charge in [0, 0.05) is 29.9 Å².